The topological polar surface area (TPSA) is 35.2 Å². The van der Waals surface area contributed by atoms with Crippen molar-refractivity contribution in [2.45, 2.75) is 51.7 Å². The molecular formula is C16H22BrNO. The molecule has 2 aliphatic rings. The second kappa shape index (κ2) is 4.23. The maximum Gasteiger partial charge on any atom is 0.126 e. The predicted octanol–water partition coefficient (Wildman–Crippen LogP) is 4.43. The number of hydrogen-bond donors (Lipinski definition) is 1. The molecule has 0 aromatic heterocycles. The molecule has 1 saturated carbocycles. The number of hydrogen-bond acceptors (Lipinski definition) is 2. The van der Waals surface area contributed by atoms with Crippen LogP contribution in [0.15, 0.2) is 22.7 Å². The third kappa shape index (κ3) is 2.21. The Balaban J connectivity index is 2.01. The van der Waals surface area contributed by atoms with Crippen LogP contribution in [0.2, 0.25) is 0 Å². The number of nitrogens with two attached hydrogens (primary N) is 1. The van der Waals surface area contributed by atoms with E-state index in [4.69, 9.17) is 10.5 Å². The smallest absolute Gasteiger partial charge is 0.126 e. The fraction of sp³-hybridized carbons (Fsp3) is 0.625. The van der Waals surface area contributed by atoms with Crippen molar-refractivity contribution in [3.8, 4) is 5.75 Å². The third-order valence-electron chi connectivity index (χ3n) is 4.79. The molecule has 1 aromatic rings. The molecule has 2 nitrogen and oxygen atoms in total. The lowest BCUT2D eigenvalue weighted by Crippen LogP contribution is -2.45. The summed E-state index contributed by atoms with van der Waals surface area (Å²) in [6, 6.07) is 6.28. The highest BCUT2D eigenvalue weighted by Gasteiger charge is 2.53. The van der Waals surface area contributed by atoms with Gasteiger partial charge in [0.1, 0.15) is 11.4 Å². The first kappa shape index (κ1) is 13.4. The van der Waals surface area contributed by atoms with Crippen LogP contribution in [0, 0.1) is 11.3 Å². The van der Waals surface area contributed by atoms with E-state index in [2.05, 4.69) is 48.8 Å². The quantitative estimate of drug-likeness (QED) is 0.766. The van der Waals surface area contributed by atoms with Gasteiger partial charge in [-0.05, 0) is 36.3 Å². The van der Waals surface area contributed by atoms with Crippen LogP contribution in [-0.2, 0) is 0 Å². The Hall–Kier alpha value is -0.540. The van der Waals surface area contributed by atoms with Crippen LogP contribution in [0.25, 0.3) is 0 Å². The van der Waals surface area contributed by atoms with E-state index >= 15 is 0 Å². The summed E-state index contributed by atoms with van der Waals surface area (Å²) < 4.78 is 7.53. The van der Waals surface area contributed by atoms with E-state index in [0.29, 0.717) is 11.3 Å². The summed E-state index contributed by atoms with van der Waals surface area (Å²) in [5.41, 5.74) is 7.83. The lowest BCUT2D eigenvalue weighted by molar-refractivity contribution is 0.00177. The highest BCUT2D eigenvalue weighted by atomic mass is 79.9. The fourth-order valence-corrected chi connectivity index (χ4v) is 4.47. The highest BCUT2D eigenvalue weighted by Crippen LogP contribution is 2.55. The molecule has 1 spiro atoms. The molecule has 3 atom stereocenters. The molecule has 1 aliphatic heterocycles. The number of halogens is 1. The van der Waals surface area contributed by atoms with Crippen molar-refractivity contribution in [2.24, 2.45) is 17.1 Å². The van der Waals surface area contributed by atoms with Gasteiger partial charge < -0.3 is 10.5 Å². The fourth-order valence-electron chi connectivity index (χ4n) is 4.13. The second-order valence-electron chi connectivity index (χ2n) is 7.11. The van der Waals surface area contributed by atoms with Crippen molar-refractivity contribution in [3.05, 3.63) is 28.2 Å². The molecule has 0 radical (unpaired) electrons. The number of ether oxygens (including phenoxy) is 1. The van der Waals surface area contributed by atoms with Crippen LogP contribution in [0.3, 0.4) is 0 Å². The van der Waals surface area contributed by atoms with E-state index < -0.39 is 0 Å². The van der Waals surface area contributed by atoms with E-state index in [0.717, 1.165) is 28.6 Å². The normalized spacial score (nSPS) is 36.1. The van der Waals surface area contributed by atoms with E-state index in [9.17, 15) is 0 Å². The summed E-state index contributed by atoms with van der Waals surface area (Å²) in [6.45, 7) is 6.98. The van der Waals surface area contributed by atoms with E-state index in [1.54, 1.807) is 0 Å². The molecule has 1 aromatic carbocycles. The Labute approximate surface area is 123 Å². The third-order valence-corrected chi connectivity index (χ3v) is 5.28. The SMILES string of the molecule is CC1CC(C)(C)CC12C[C@H](N)c1ccc(Br)cc1O2. The van der Waals surface area contributed by atoms with Gasteiger partial charge in [-0.1, -0.05) is 42.8 Å². The molecule has 19 heavy (non-hydrogen) atoms. The number of benzene rings is 1. The molecule has 0 amide bonds. The Morgan fingerprint density at radius 1 is 1.32 bits per heavy atom. The van der Waals surface area contributed by atoms with Crippen molar-refractivity contribution in [3.63, 3.8) is 0 Å². The Bertz CT molecular complexity index is 513. The van der Waals surface area contributed by atoms with E-state index in [-0.39, 0.29) is 11.6 Å². The predicted molar refractivity (Wildman–Crippen MR) is 81.2 cm³/mol. The number of rotatable bonds is 0. The van der Waals surface area contributed by atoms with Gasteiger partial charge in [-0.3, -0.25) is 0 Å². The maximum absolute atomic E-state index is 6.47. The first-order chi connectivity index (χ1) is 8.81. The van der Waals surface area contributed by atoms with Gasteiger partial charge in [0, 0.05) is 22.5 Å². The first-order valence-electron chi connectivity index (χ1n) is 7.05. The molecule has 104 valence electrons. The molecule has 2 N–H and O–H groups in total. The summed E-state index contributed by atoms with van der Waals surface area (Å²) >= 11 is 3.52. The maximum atomic E-state index is 6.47. The van der Waals surface area contributed by atoms with Crippen molar-refractivity contribution in [1.82, 2.24) is 0 Å². The van der Waals surface area contributed by atoms with Crippen molar-refractivity contribution in [1.29, 1.82) is 0 Å². The Kier molecular flexibility index (Phi) is 2.99. The van der Waals surface area contributed by atoms with Gasteiger partial charge >= 0.3 is 0 Å². The zero-order valence-electron chi connectivity index (χ0n) is 11.9. The van der Waals surface area contributed by atoms with Crippen LogP contribution in [-0.4, -0.2) is 5.60 Å². The minimum atomic E-state index is -0.0727. The molecule has 1 fully saturated rings. The Morgan fingerprint density at radius 2 is 2.05 bits per heavy atom. The number of fused-ring (bicyclic) bond motifs is 1. The first-order valence-corrected chi connectivity index (χ1v) is 7.85. The Morgan fingerprint density at radius 3 is 2.68 bits per heavy atom. The molecule has 3 heteroatoms. The van der Waals surface area contributed by atoms with Crippen LogP contribution in [0.5, 0.6) is 5.75 Å². The van der Waals surface area contributed by atoms with Crippen LogP contribution in [0.1, 0.15) is 51.6 Å². The highest BCUT2D eigenvalue weighted by molar-refractivity contribution is 9.10. The van der Waals surface area contributed by atoms with Crippen LogP contribution in [0.4, 0.5) is 0 Å². The lowest BCUT2D eigenvalue weighted by Gasteiger charge is -2.42. The molecule has 2 unspecified atom stereocenters. The van der Waals surface area contributed by atoms with Gasteiger partial charge in [-0.25, -0.2) is 0 Å². The van der Waals surface area contributed by atoms with Gasteiger partial charge in [0.15, 0.2) is 0 Å². The van der Waals surface area contributed by atoms with Crippen molar-refractivity contribution >= 4 is 15.9 Å². The van der Waals surface area contributed by atoms with Crippen LogP contribution >= 0.6 is 15.9 Å². The molecule has 1 heterocycles. The molecular weight excluding hydrogens is 302 g/mol. The lowest BCUT2D eigenvalue weighted by atomic mass is 9.80. The monoisotopic (exact) mass is 323 g/mol. The van der Waals surface area contributed by atoms with Gasteiger partial charge in [-0.15, -0.1) is 0 Å². The minimum Gasteiger partial charge on any atom is -0.487 e. The molecule has 1 aliphatic carbocycles. The zero-order valence-corrected chi connectivity index (χ0v) is 13.5. The van der Waals surface area contributed by atoms with Gasteiger partial charge in [0.2, 0.25) is 0 Å². The summed E-state index contributed by atoms with van der Waals surface area (Å²) in [6.07, 6.45) is 3.25. The molecule has 3 rings (SSSR count). The summed E-state index contributed by atoms with van der Waals surface area (Å²) in [7, 11) is 0. The largest absolute Gasteiger partial charge is 0.487 e. The summed E-state index contributed by atoms with van der Waals surface area (Å²) in [5, 5.41) is 0. The second-order valence-corrected chi connectivity index (χ2v) is 8.02. The zero-order chi connectivity index (χ0) is 13.8. The average molecular weight is 324 g/mol. The standard InChI is InChI=1S/C16H22BrNO/c1-10-7-15(2,3)9-16(10)8-13(18)12-5-4-11(17)6-14(12)19-16/h4-6,10,13H,7-9,18H2,1-3H3/t10?,13-,16?/m0/s1. The minimum absolute atomic E-state index is 0.0727. The molecule has 0 saturated heterocycles. The summed E-state index contributed by atoms with van der Waals surface area (Å²) in [4.78, 5) is 0. The van der Waals surface area contributed by atoms with Gasteiger partial charge in [-0.2, -0.15) is 0 Å². The van der Waals surface area contributed by atoms with E-state index in [1.807, 2.05) is 6.07 Å². The average Bonchev–Trinajstić information content (AvgIpc) is 2.46. The molecule has 0 bridgehead atoms. The van der Waals surface area contributed by atoms with Gasteiger partial charge in [0.25, 0.3) is 0 Å². The van der Waals surface area contributed by atoms with E-state index in [1.165, 1.54) is 6.42 Å². The summed E-state index contributed by atoms with van der Waals surface area (Å²) in [5.74, 6) is 1.53. The van der Waals surface area contributed by atoms with Crippen molar-refractivity contribution < 1.29 is 4.74 Å². The van der Waals surface area contributed by atoms with Crippen molar-refractivity contribution in [2.75, 3.05) is 0 Å². The van der Waals surface area contributed by atoms with Gasteiger partial charge in [0.05, 0.1) is 0 Å². The van der Waals surface area contributed by atoms with Crippen LogP contribution < -0.4 is 10.5 Å².